The Morgan fingerprint density at radius 3 is 2.74 bits per heavy atom. The molecule has 0 radical (unpaired) electrons. The summed E-state index contributed by atoms with van der Waals surface area (Å²) in [6.45, 7) is 2.37. The van der Waals surface area contributed by atoms with Crippen LogP contribution in [-0.4, -0.2) is 40.4 Å². The van der Waals surface area contributed by atoms with Crippen LogP contribution in [0, 0.1) is 0 Å². The molecule has 2 heterocycles. The Labute approximate surface area is 140 Å². The van der Waals surface area contributed by atoms with Crippen LogP contribution in [0.2, 0.25) is 5.02 Å². The van der Waals surface area contributed by atoms with Crippen molar-refractivity contribution in [2.75, 3.05) is 25.0 Å². The van der Waals surface area contributed by atoms with Crippen LogP contribution >= 0.6 is 11.6 Å². The van der Waals surface area contributed by atoms with E-state index in [0.717, 1.165) is 43.9 Å². The smallest absolute Gasteiger partial charge is 0.274 e. The molecule has 0 unspecified atom stereocenters. The van der Waals surface area contributed by atoms with Gasteiger partial charge in [0.2, 0.25) is 0 Å². The minimum atomic E-state index is -0.0273. The lowest BCUT2D eigenvalue weighted by atomic mass is 10.1. The van der Waals surface area contributed by atoms with Crippen molar-refractivity contribution in [1.29, 1.82) is 0 Å². The van der Waals surface area contributed by atoms with Crippen LogP contribution in [0.5, 0.6) is 0 Å². The van der Waals surface area contributed by atoms with E-state index in [0.29, 0.717) is 11.5 Å². The van der Waals surface area contributed by atoms with E-state index in [2.05, 4.69) is 15.3 Å². The standard InChI is InChI=1S/C17H19ClN4O/c18-14-5-3-4-13(10-14)6-7-19-16-12-20-15(11-21-16)17(23)22-8-1-2-9-22/h3-5,10-12H,1-2,6-9H2,(H,19,21). The van der Waals surface area contributed by atoms with Gasteiger partial charge >= 0.3 is 0 Å². The summed E-state index contributed by atoms with van der Waals surface area (Å²) in [5, 5.41) is 3.95. The fourth-order valence-corrected chi connectivity index (χ4v) is 2.85. The molecule has 0 bridgehead atoms. The zero-order chi connectivity index (χ0) is 16.1. The Morgan fingerprint density at radius 2 is 2.04 bits per heavy atom. The van der Waals surface area contributed by atoms with Crippen molar-refractivity contribution in [1.82, 2.24) is 14.9 Å². The molecule has 1 N–H and O–H groups in total. The Bertz CT molecular complexity index is 669. The van der Waals surface area contributed by atoms with Gasteiger partial charge in [-0.05, 0) is 37.0 Å². The van der Waals surface area contributed by atoms with Gasteiger partial charge in [0.05, 0.1) is 12.4 Å². The third kappa shape index (κ3) is 4.20. The summed E-state index contributed by atoms with van der Waals surface area (Å²) in [5.74, 6) is 0.644. The number of carbonyl (C=O) groups excluding carboxylic acids is 1. The van der Waals surface area contributed by atoms with Gasteiger partial charge in [-0.3, -0.25) is 4.79 Å². The predicted molar refractivity (Wildman–Crippen MR) is 90.8 cm³/mol. The third-order valence-electron chi connectivity index (χ3n) is 3.87. The molecule has 1 fully saturated rings. The highest BCUT2D eigenvalue weighted by Gasteiger charge is 2.20. The molecule has 1 saturated heterocycles. The van der Waals surface area contributed by atoms with E-state index in [9.17, 15) is 4.79 Å². The Balaban J connectivity index is 1.52. The molecular formula is C17H19ClN4O. The summed E-state index contributed by atoms with van der Waals surface area (Å²) < 4.78 is 0. The highest BCUT2D eigenvalue weighted by atomic mass is 35.5. The van der Waals surface area contributed by atoms with Gasteiger partial charge in [0.1, 0.15) is 11.5 Å². The number of anilines is 1. The van der Waals surface area contributed by atoms with Gasteiger partial charge in [-0.25, -0.2) is 9.97 Å². The molecular weight excluding hydrogens is 312 g/mol. The van der Waals surface area contributed by atoms with Crippen LogP contribution < -0.4 is 5.32 Å². The summed E-state index contributed by atoms with van der Waals surface area (Å²) in [7, 11) is 0. The molecule has 2 aromatic rings. The Kier molecular flexibility index (Phi) is 5.08. The van der Waals surface area contributed by atoms with Crippen molar-refractivity contribution < 1.29 is 4.79 Å². The number of benzene rings is 1. The van der Waals surface area contributed by atoms with Crippen LogP contribution in [-0.2, 0) is 6.42 Å². The van der Waals surface area contributed by atoms with Gasteiger partial charge in [-0.2, -0.15) is 0 Å². The number of aromatic nitrogens is 2. The van der Waals surface area contributed by atoms with E-state index < -0.39 is 0 Å². The number of carbonyl (C=O) groups is 1. The molecule has 0 saturated carbocycles. The fraction of sp³-hybridized carbons (Fsp3) is 0.353. The number of halogens is 1. The summed E-state index contributed by atoms with van der Waals surface area (Å²) in [6, 6.07) is 7.79. The van der Waals surface area contributed by atoms with Gasteiger partial charge in [0.25, 0.3) is 5.91 Å². The van der Waals surface area contributed by atoms with E-state index in [1.165, 1.54) is 5.56 Å². The van der Waals surface area contributed by atoms with Crippen LogP contribution in [0.25, 0.3) is 0 Å². The first kappa shape index (κ1) is 15.7. The number of nitrogens with zero attached hydrogens (tertiary/aromatic N) is 3. The predicted octanol–water partition coefficient (Wildman–Crippen LogP) is 3.02. The highest BCUT2D eigenvalue weighted by molar-refractivity contribution is 6.30. The Hall–Kier alpha value is -2.14. The molecule has 1 aromatic carbocycles. The first-order chi connectivity index (χ1) is 11.2. The van der Waals surface area contributed by atoms with Crippen molar-refractivity contribution >= 4 is 23.3 Å². The van der Waals surface area contributed by atoms with Crippen molar-refractivity contribution in [3.8, 4) is 0 Å². The molecule has 3 rings (SSSR count). The summed E-state index contributed by atoms with van der Waals surface area (Å²) in [5.41, 5.74) is 1.58. The molecule has 23 heavy (non-hydrogen) atoms. The second-order valence-electron chi connectivity index (χ2n) is 5.59. The average Bonchev–Trinajstić information content (AvgIpc) is 3.09. The molecule has 120 valence electrons. The maximum atomic E-state index is 12.2. The van der Waals surface area contributed by atoms with Gasteiger partial charge < -0.3 is 10.2 Å². The molecule has 0 aliphatic carbocycles. The molecule has 1 aliphatic rings. The lowest BCUT2D eigenvalue weighted by Crippen LogP contribution is -2.28. The minimum Gasteiger partial charge on any atom is -0.368 e. The zero-order valence-electron chi connectivity index (χ0n) is 12.8. The van der Waals surface area contributed by atoms with E-state index in [1.807, 2.05) is 29.2 Å². The molecule has 5 nitrogen and oxygen atoms in total. The molecule has 1 amide bonds. The van der Waals surface area contributed by atoms with Crippen molar-refractivity contribution in [3.63, 3.8) is 0 Å². The summed E-state index contributed by atoms with van der Waals surface area (Å²) in [6.07, 6.45) is 6.14. The normalized spacial score (nSPS) is 14.0. The van der Waals surface area contributed by atoms with Crippen LogP contribution in [0.15, 0.2) is 36.7 Å². The van der Waals surface area contributed by atoms with Gasteiger partial charge in [-0.1, -0.05) is 23.7 Å². The largest absolute Gasteiger partial charge is 0.368 e. The lowest BCUT2D eigenvalue weighted by Gasteiger charge is -2.14. The van der Waals surface area contributed by atoms with Crippen LogP contribution in [0.3, 0.4) is 0 Å². The van der Waals surface area contributed by atoms with E-state index >= 15 is 0 Å². The topological polar surface area (TPSA) is 58.1 Å². The molecule has 0 spiro atoms. The van der Waals surface area contributed by atoms with Gasteiger partial charge in [0, 0.05) is 24.7 Å². The fourth-order valence-electron chi connectivity index (χ4n) is 2.64. The zero-order valence-corrected chi connectivity index (χ0v) is 13.6. The SMILES string of the molecule is O=C(c1cnc(NCCc2cccc(Cl)c2)cn1)N1CCCC1. The number of nitrogens with one attached hydrogen (secondary N) is 1. The van der Waals surface area contributed by atoms with Crippen molar-refractivity contribution in [3.05, 3.63) is 52.9 Å². The second kappa shape index (κ2) is 7.42. The lowest BCUT2D eigenvalue weighted by molar-refractivity contribution is 0.0786. The van der Waals surface area contributed by atoms with Crippen LogP contribution in [0.4, 0.5) is 5.82 Å². The molecule has 0 atom stereocenters. The summed E-state index contributed by atoms with van der Waals surface area (Å²) in [4.78, 5) is 22.5. The number of hydrogen-bond acceptors (Lipinski definition) is 4. The minimum absolute atomic E-state index is 0.0273. The molecule has 1 aromatic heterocycles. The number of amides is 1. The maximum Gasteiger partial charge on any atom is 0.274 e. The maximum absolute atomic E-state index is 12.2. The van der Waals surface area contributed by atoms with Crippen molar-refractivity contribution in [2.45, 2.75) is 19.3 Å². The van der Waals surface area contributed by atoms with Crippen LogP contribution in [0.1, 0.15) is 28.9 Å². The molecule has 6 heteroatoms. The monoisotopic (exact) mass is 330 g/mol. The van der Waals surface area contributed by atoms with Gasteiger partial charge in [0.15, 0.2) is 0 Å². The Morgan fingerprint density at radius 1 is 1.22 bits per heavy atom. The quantitative estimate of drug-likeness (QED) is 0.915. The first-order valence-electron chi connectivity index (χ1n) is 7.82. The van der Waals surface area contributed by atoms with Gasteiger partial charge in [-0.15, -0.1) is 0 Å². The molecule has 1 aliphatic heterocycles. The second-order valence-corrected chi connectivity index (χ2v) is 6.03. The number of hydrogen-bond donors (Lipinski definition) is 1. The number of rotatable bonds is 5. The van der Waals surface area contributed by atoms with E-state index in [4.69, 9.17) is 11.6 Å². The first-order valence-corrected chi connectivity index (χ1v) is 8.20. The van der Waals surface area contributed by atoms with Crippen molar-refractivity contribution in [2.24, 2.45) is 0 Å². The summed E-state index contributed by atoms with van der Waals surface area (Å²) >= 11 is 5.96. The third-order valence-corrected chi connectivity index (χ3v) is 4.11. The highest BCUT2D eigenvalue weighted by Crippen LogP contribution is 2.13. The van der Waals surface area contributed by atoms with E-state index in [-0.39, 0.29) is 5.91 Å². The van der Waals surface area contributed by atoms with E-state index in [1.54, 1.807) is 12.4 Å². The average molecular weight is 331 g/mol. The number of likely N-dealkylation sites (tertiary alicyclic amines) is 1.